The van der Waals surface area contributed by atoms with Gasteiger partial charge in [-0.3, -0.25) is 0 Å². The predicted octanol–water partition coefficient (Wildman–Crippen LogP) is 3.81. The Morgan fingerprint density at radius 1 is 0.800 bits per heavy atom. The molecule has 20 heavy (non-hydrogen) atoms. The van der Waals surface area contributed by atoms with Gasteiger partial charge in [0.1, 0.15) is 0 Å². The molecule has 3 atom stereocenters. The molecule has 0 spiro atoms. The zero-order valence-electron chi connectivity index (χ0n) is 13.6. The van der Waals surface area contributed by atoms with E-state index in [1.807, 2.05) is 0 Å². The molecule has 1 saturated heterocycles. The second-order valence-electron chi connectivity index (χ2n) is 7.77. The highest BCUT2D eigenvalue weighted by molar-refractivity contribution is 4.89. The maximum Gasteiger partial charge on any atom is 0.00954 e. The summed E-state index contributed by atoms with van der Waals surface area (Å²) in [4.78, 5) is 2.80. The number of hydrogen-bond acceptors (Lipinski definition) is 2. The van der Waals surface area contributed by atoms with Crippen LogP contribution >= 0.6 is 0 Å². The van der Waals surface area contributed by atoms with E-state index in [2.05, 4.69) is 24.1 Å². The third kappa shape index (κ3) is 3.39. The summed E-state index contributed by atoms with van der Waals surface area (Å²) in [6.07, 6.45) is 13.1. The van der Waals surface area contributed by atoms with Gasteiger partial charge < -0.3 is 10.2 Å². The Kier molecular flexibility index (Phi) is 5.04. The van der Waals surface area contributed by atoms with Crippen molar-refractivity contribution >= 4 is 0 Å². The Morgan fingerprint density at radius 2 is 1.45 bits per heavy atom. The Labute approximate surface area is 125 Å². The van der Waals surface area contributed by atoms with E-state index in [1.165, 1.54) is 70.9 Å². The van der Waals surface area contributed by atoms with Crippen LogP contribution in [0.2, 0.25) is 0 Å². The molecule has 0 radical (unpaired) electrons. The number of hydrogen-bond donors (Lipinski definition) is 1. The zero-order chi connectivity index (χ0) is 13.9. The summed E-state index contributed by atoms with van der Waals surface area (Å²) < 4.78 is 0. The summed E-state index contributed by atoms with van der Waals surface area (Å²) in [5, 5.41) is 3.96. The summed E-state index contributed by atoms with van der Waals surface area (Å²) in [5.41, 5.74) is 0. The molecule has 0 aromatic heterocycles. The van der Waals surface area contributed by atoms with Crippen LogP contribution < -0.4 is 5.32 Å². The van der Waals surface area contributed by atoms with E-state index in [9.17, 15) is 0 Å². The summed E-state index contributed by atoms with van der Waals surface area (Å²) in [5.74, 6) is 1.83. The Bertz CT molecular complexity index is 294. The first-order valence-corrected chi connectivity index (χ1v) is 9.24. The molecular formula is C18H34N2. The minimum atomic E-state index is 0.702. The lowest BCUT2D eigenvalue weighted by molar-refractivity contribution is 0.0643. The van der Waals surface area contributed by atoms with Gasteiger partial charge in [0.2, 0.25) is 0 Å². The molecule has 0 bridgehead atoms. The Hall–Kier alpha value is -0.0800. The standard InChI is InChI=1S/C18H34N2/c1-14(16-7-3-4-8-16)19-15(2)17-9-6-12-20(13-17)18-10-5-11-18/h14-19H,3-13H2,1-2H3. The molecular weight excluding hydrogens is 244 g/mol. The summed E-state index contributed by atoms with van der Waals surface area (Å²) in [6, 6.07) is 2.37. The quantitative estimate of drug-likeness (QED) is 0.822. The van der Waals surface area contributed by atoms with Gasteiger partial charge in [0.25, 0.3) is 0 Å². The average Bonchev–Trinajstić information content (AvgIpc) is 2.91. The molecule has 0 amide bonds. The van der Waals surface area contributed by atoms with Crippen molar-refractivity contribution in [2.24, 2.45) is 11.8 Å². The molecule has 2 aliphatic carbocycles. The Morgan fingerprint density at radius 3 is 2.10 bits per heavy atom. The molecule has 1 N–H and O–H groups in total. The zero-order valence-corrected chi connectivity index (χ0v) is 13.6. The van der Waals surface area contributed by atoms with Gasteiger partial charge in [-0.25, -0.2) is 0 Å². The summed E-state index contributed by atoms with van der Waals surface area (Å²) in [7, 11) is 0. The lowest BCUT2D eigenvalue weighted by atomic mass is 9.85. The SMILES string of the molecule is CC(NC(C)C1CCCN(C2CCC2)C1)C1CCCC1. The number of rotatable bonds is 5. The van der Waals surface area contributed by atoms with Gasteiger partial charge in [-0.15, -0.1) is 0 Å². The van der Waals surface area contributed by atoms with E-state index in [0.717, 1.165) is 23.9 Å². The fourth-order valence-corrected chi connectivity index (χ4v) is 4.68. The van der Waals surface area contributed by atoms with Crippen LogP contribution in [0.5, 0.6) is 0 Å². The van der Waals surface area contributed by atoms with E-state index in [4.69, 9.17) is 0 Å². The van der Waals surface area contributed by atoms with Crippen LogP contribution in [0.4, 0.5) is 0 Å². The minimum absolute atomic E-state index is 0.702. The average molecular weight is 278 g/mol. The number of nitrogens with one attached hydrogen (secondary N) is 1. The van der Waals surface area contributed by atoms with Crippen molar-refractivity contribution < 1.29 is 0 Å². The van der Waals surface area contributed by atoms with E-state index >= 15 is 0 Å². The largest absolute Gasteiger partial charge is 0.311 e. The Balaban J connectivity index is 1.46. The number of piperidine rings is 1. The maximum absolute atomic E-state index is 3.96. The predicted molar refractivity (Wildman–Crippen MR) is 86.0 cm³/mol. The van der Waals surface area contributed by atoms with E-state index < -0.39 is 0 Å². The van der Waals surface area contributed by atoms with Gasteiger partial charge in [-0.2, -0.15) is 0 Å². The van der Waals surface area contributed by atoms with Crippen molar-refractivity contribution in [3.63, 3.8) is 0 Å². The van der Waals surface area contributed by atoms with Gasteiger partial charge in [0.15, 0.2) is 0 Å². The minimum Gasteiger partial charge on any atom is -0.311 e. The highest BCUT2D eigenvalue weighted by Gasteiger charge is 2.32. The van der Waals surface area contributed by atoms with Crippen LogP contribution in [0.1, 0.15) is 71.6 Å². The van der Waals surface area contributed by atoms with E-state index in [1.54, 1.807) is 0 Å². The first-order valence-electron chi connectivity index (χ1n) is 9.24. The van der Waals surface area contributed by atoms with Crippen LogP contribution in [-0.2, 0) is 0 Å². The molecule has 2 nitrogen and oxygen atoms in total. The molecule has 3 rings (SSSR count). The second kappa shape index (κ2) is 6.79. The topological polar surface area (TPSA) is 15.3 Å². The lowest BCUT2D eigenvalue weighted by Gasteiger charge is -2.44. The van der Waals surface area contributed by atoms with E-state index in [-0.39, 0.29) is 0 Å². The van der Waals surface area contributed by atoms with Gasteiger partial charge in [-0.05, 0) is 70.8 Å². The van der Waals surface area contributed by atoms with E-state index in [0.29, 0.717) is 6.04 Å². The van der Waals surface area contributed by atoms with Gasteiger partial charge in [-0.1, -0.05) is 19.3 Å². The van der Waals surface area contributed by atoms with Crippen molar-refractivity contribution in [1.29, 1.82) is 0 Å². The highest BCUT2D eigenvalue weighted by atomic mass is 15.2. The smallest absolute Gasteiger partial charge is 0.00954 e. The van der Waals surface area contributed by atoms with Gasteiger partial charge in [0.05, 0.1) is 0 Å². The van der Waals surface area contributed by atoms with Gasteiger partial charge >= 0.3 is 0 Å². The van der Waals surface area contributed by atoms with Crippen molar-refractivity contribution in [3.8, 4) is 0 Å². The van der Waals surface area contributed by atoms with Crippen molar-refractivity contribution in [2.45, 2.75) is 89.8 Å². The first kappa shape index (κ1) is 14.8. The first-order chi connectivity index (χ1) is 9.74. The maximum atomic E-state index is 3.96. The van der Waals surface area contributed by atoms with Gasteiger partial charge in [0, 0.05) is 24.7 Å². The summed E-state index contributed by atoms with van der Waals surface area (Å²) in [6.45, 7) is 7.60. The van der Waals surface area contributed by atoms with Crippen molar-refractivity contribution in [3.05, 3.63) is 0 Å². The molecule has 3 unspecified atom stereocenters. The number of likely N-dealkylation sites (tertiary alicyclic amines) is 1. The molecule has 2 saturated carbocycles. The lowest BCUT2D eigenvalue weighted by Crippen LogP contribution is -2.51. The van der Waals surface area contributed by atoms with Crippen LogP contribution in [0.3, 0.4) is 0 Å². The van der Waals surface area contributed by atoms with Crippen LogP contribution in [0, 0.1) is 11.8 Å². The molecule has 3 aliphatic rings. The normalized spacial score (nSPS) is 33.0. The second-order valence-corrected chi connectivity index (χ2v) is 7.77. The molecule has 116 valence electrons. The summed E-state index contributed by atoms with van der Waals surface area (Å²) >= 11 is 0. The van der Waals surface area contributed by atoms with Crippen molar-refractivity contribution in [1.82, 2.24) is 10.2 Å². The third-order valence-corrected chi connectivity index (χ3v) is 6.42. The number of nitrogens with zero attached hydrogens (tertiary/aromatic N) is 1. The molecule has 3 fully saturated rings. The monoisotopic (exact) mass is 278 g/mol. The molecule has 2 heteroatoms. The molecule has 1 heterocycles. The fourth-order valence-electron chi connectivity index (χ4n) is 4.68. The van der Waals surface area contributed by atoms with Crippen molar-refractivity contribution in [2.75, 3.05) is 13.1 Å². The third-order valence-electron chi connectivity index (χ3n) is 6.42. The van der Waals surface area contributed by atoms with Crippen LogP contribution in [0.25, 0.3) is 0 Å². The molecule has 1 aliphatic heterocycles. The fraction of sp³-hybridized carbons (Fsp3) is 1.00. The highest BCUT2D eigenvalue weighted by Crippen LogP contribution is 2.31. The van der Waals surface area contributed by atoms with Crippen LogP contribution in [-0.4, -0.2) is 36.1 Å². The van der Waals surface area contributed by atoms with Crippen LogP contribution in [0.15, 0.2) is 0 Å². The molecule has 0 aromatic rings. The molecule has 0 aromatic carbocycles.